The number of hydrogen-bond donors (Lipinski definition) is 5. The molecule has 5 heterocycles. The third kappa shape index (κ3) is 11.8. The number of likely N-dealkylation sites (N-methyl/N-ethyl adjacent to an activating group) is 1. The van der Waals surface area contributed by atoms with Gasteiger partial charge in [0.25, 0.3) is 0 Å². The van der Waals surface area contributed by atoms with Crippen LogP contribution >= 0.6 is 11.6 Å². The summed E-state index contributed by atoms with van der Waals surface area (Å²) >= 11 is 6.52. The van der Waals surface area contributed by atoms with Crippen molar-refractivity contribution in [2.75, 3.05) is 48.1 Å². The number of amides is 2. The van der Waals surface area contributed by atoms with Crippen molar-refractivity contribution in [2.45, 2.75) is 27.0 Å². The molecule has 9 aromatic rings. The van der Waals surface area contributed by atoms with Crippen LogP contribution in [0.3, 0.4) is 0 Å². The largest absolute Gasteiger partial charge is 0.492 e. The number of carbonyl (C=O) groups excluding carboxylic acids is 1. The first-order chi connectivity index (χ1) is 34.9. The number of nitriles is 1. The number of hydrogen-bond acceptors (Lipinski definition) is 13. The number of carbonyl (C=O) groups is 2. The van der Waals surface area contributed by atoms with Crippen molar-refractivity contribution >= 4 is 85.2 Å². The molecule has 18 nitrogen and oxygen atoms in total. The van der Waals surface area contributed by atoms with E-state index < -0.39 is 6.09 Å². The molecule has 5 N–H and O–H groups in total. The number of anilines is 6. The molecular weight excluding hydrogens is 941 g/mol. The molecule has 0 spiro atoms. The van der Waals surface area contributed by atoms with Crippen LogP contribution in [0.1, 0.15) is 29.3 Å². The Morgan fingerprint density at radius 3 is 2.57 bits per heavy atom. The number of aryl methyl sites for hydroxylation is 1. The van der Waals surface area contributed by atoms with Gasteiger partial charge in [-0.1, -0.05) is 35.9 Å². The van der Waals surface area contributed by atoms with E-state index in [2.05, 4.69) is 52.3 Å². The molecule has 20 heteroatoms. The Morgan fingerprint density at radius 2 is 1.82 bits per heavy atom. The molecule has 364 valence electrons. The first-order valence-corrected chi connectivity index (χ1v) is 22.7. The highest BCUT2D eigenvalue weighted by atomic mass is 35.5. The van der Waals surface area contributed by atoms with Crippen LogP contribution in [0.5, 0.6) is 11.5 Å². The number of aromatic nitrogens is 7. The summed E-state index contributed by atoms with van der Waals surface area (Å²) in [6.07, 6.45) is 10.0. The van der Waals surface area contributed by atoms with Crippen LogP contribution in [0.15, 0.2) is 134 Å². The Balaban J connectivity index is 0.000000197. The molecule has 0 saturated heterocycles. The lowest BCUT2D eigenvalue weighted by Gasteiger charge is -2.25. The summed E-state index contributed by atoms with van der Waals surface area (Å²) in [5.74, 6) is 0.918. The third-order valence-electron chi connectivity index (χ3n) is 11.0. The highest BCUT2D eigenvalue weighted by molar-refractivity contribution is 6.32. The second-order valence-electron chi connectivity index (χ2n) is 16.3. The fraction of sp³-hybridized carbons (Fsp3) is 0.154. The minimum atomic E-state index is -1.17. The standard InChI is InChI=1S/C30H29ClN6O3.C22H18FN7O2/c1-4-39-28-16-25-23(15-26(28)36-29(38)9-7-13-37(2)3)30(20(17-32)18-34-25)35-21-10-11-27(24(31)14-21)40-19-22-8-5-6-12-33-22;1-13-19(27-22(31)32)11-30-20(13)21(24-12-26-30)29(10-14-3-2-4-16(23)7-14)17-5-6-18-15(8-17)9-25-28-18/h5-12,14-16,18H,4,13,19H2,1-3H3,(H,34,35)(H,36,38);2-9,11-12,27H,10H2,1H3,(H,25,28)(H,31,32)/b9-7+;. The van der Waals surface area contributed by atoms with Gasteiger partial charge in [-0.2, -0.15) is 15.5 Å². The zero-order valence-corrected chi connectivity index (χ0v) is 40.1. The van der Waals surface area contributed by atoms with Gasteiger partial charge < -0.3 is 35.0 Å². The first kappa shape index (κ1) is 49.3. The first-order valence-electron chi connectivity index (χ1n) is 22.4. The van der Waals surface area contributed by atoms with Gasteiger partial charge in [0.2, 0.25) is 5.91 Å². The number of ether oxygens (including phenoxy) is 2. The van der Waals surface area contributed by atoms with Gasteiger partial charge in [-0.25, -0.2) is 18.7 Å². The molecule has 4 aromatic carbocycles. The van der Waals surface area contributed by atoms with E-state index in [4.69, 9.17) is 26.2 Å². The number of aromatic amines is 1. The van der Waals surface area contributed by atoms with Crippen LogP contribution in [0.25, 0.3) is 27.3 Å². The predicted molar refractivity (Wildman–Crippen MR) is 275 cm³/mol. The van der Waals surface area contributed by atoms with Crippen molar-refractivity contribution in [1.29, 1.82) is 5.26 Å². The van der Waals surface area contributed by atoms with Gasteiger partial charge in [0, 0.05) is 65.3 Å². The Hall–Kier alpha value is -9.12. The van der Waals surface area contributed by atoms with Crippen LogP contribution in [-0.4, -0.2) is 84.0 Å². The molecule has 2 amide bonds. The number of halogens is 2. The van der Waals surface area contributed by atoms with Crippen molar-refractivity contribution < 1.29 is 28.6 Å². The molecule has 0 aliphatic heterocycles. The van der Waals surface area contributed by atoms with Gasteiger partial charge in [0.1, 0.15) is 41.8 Å². The van der Waals surface area contributed by atoms with Gasteiger partial charge in [-0.05, 0) is 100 Å². The van der Waals surface area contributed by atoms with E-state index in [0.717, 1.165) is 27.8 Å². The molecule has 0 atom stereocenters. The monoisotopic (exact) mass is 987 g/mol. The summed E-state index contributed by atoms with van der Waals surface area (Å²) in [4.78, 5) is 40.9. The molecule has 9 rings (SSSR count). The van der Waals surface area contributed by atoms with E-state index in [-0.39, 0.29) is 18.3 Å². The van der Waals surface area contributed by atoms with E-state index in [1.54, 1.807) is 72.5 Å². The topological polar surface area (TPSA) is 224 Å². The van der Waals surface area contributed by atoms with Crippen molar-refractivity contribution in [2.24, 2.45) is 0 Å². The number of pyridine rings is 2. The molecule has 0 radical (unpaired) electrons. The van der Waals surface area contributed by atoms with Gasteiger partial charge in [0.05, 0.1) is 63.4 Å². The number of rotatable bonds is 16. The van der Waals surface area contributed by atoms with Crippen molar-refractivity contribution in [3.63, 3.8) is 0 Å². The minimum Gasteiger partial charge on any atom is -0.492 e. The molecule has 0 aliphatic rings. The number of carboxylic acid groups (broad SMARTS) is 1. The zero-order valence-electron chi connectivity index (χ0n) is 39.4. The molecule has 0 bridgehead atoms. The number of H-pyrrole nitrogens is 1. The highest BCUT2D eigenvalue weighted by Crippen LogP contribution is 2.38. The second-order valence-corrected chi connectivity index (χ2v) is 16.7. The fourth-order valence-corrected chi connectivity index (χ4v) is 7.85. The molecule has 0 fully saturated rings. The average Bonchev–Trinajstić information content (AvgIpc) is 3.97. The number of benzene rings is 4. The van der Waals surface area contributed by atoms with Crippen molar-refractivity contribution in [3.05, 3.63) is 167 Å². The molecule has 0 unspecified atom stereocenters. The van der Waals surface area contributed by atoms with E-state index in [1.165, 1.54) is 30.7 Å². The second kappa shape index (κ2) is 22.5. The van der Waals surface area contributed by atoms with E-state index >= 15 is 0 Å². The molecule has 72 heavy (non-hydrogen) atoms. The molecular formula is C52H47ClFN13O5. The van der Waals surface area contributed by atoms with E-state index in [9.17, 15) is 19.2 Å². The third-order valence-corrected chi connectivity index (χ3v) is 11.3. The molecule has 0 saturated carbocycles. The van der Waals surface area contributed by atoms with E-state index in [1.807, 2.05) is 73.3 Å². The predicted octanol–water partition coefficient (Wildman–Crippen LogP) is 10.4. The smallest absolute Gasteiger partial charge is 0.409 e. The molecule has 0 aliphatic carbocycles. The number of fused-ring (bicyclic) bond motifs is 3. The highest BCUT2D eigenvalue weighted by Gasteiger charge is 2.22. The lowest BCUT2D eigenvalue weighted by molar-refractivity contribution is -0.111. The lowest BCUT2D eigenvalue weighted by Crippen LogP contribution is -2.19. The fourth-order valence-electron chi connectivity index (χ4n) is 7.62. The maximum atomic E-state index is 13.9. The van der Waals surface area contributed by atoms with Gasteiger partial charge in [0.15, 0.2) is 5.82 Å². The van der Waals surface area contributed by atoms with Gasteiger partial charge in [-0.15, -0.1) is 0 Å². The number of nitrogens with one attached hydrogen (secondary N) is 4. The summed E-state index contributed by atoms with van der Waals surface area (Å²) in [5.41, 5.74) is 7.51. The van der Waals surface area contributed by atoms with Crippen LogP contribution in [0.2, 0.25) is 5.02 Å². The minimum absolute atomic E-state index is 0.280. The summed E-state index contributed by atoms with van der Waals surface area (Å²) in [5, 5.41) is 40.8. The maximum absolute atomic E-state index is 13.9. The average molecular weight is 988 g/mol. The summed E-state index contributed by atoms with van der Waals surface area (Å²) < 4.78 is 27.1. The SMILES string of the molecule is CCOc1cc2ncc(C#N)c(Nc3ccc(OCc4ccccn4)c(Cl)c3)c2cc1NC(=O)/C=C/CN(C)C.Cc1c(NC(=O)O)cn2ncnc(N(Cc3cccc(F)c3)c3ccc4[nH]ncc4c3)c12. The Bertz CT molecular complexity index is 3490. The molecule has 5 aromatic heterocycles. The number of nitrogens with zero attached hydrogens (tertiary/aromatic N) is 9. The summed E-state index contributed by atoms with van der Waals surface area (Å²) in [7, 11) is 3.84. The van der Waals surface area contributed by atoms with Crippen LogP contribution in [0, 0.1) is 24.1 Å². The van der Waals surface area contributed by atoms with Gasteiger partial charge in [-0.3, -0.25) is 25.2 Å². The summed E-state index contributed by atoms with van der Waals surface area (Å²) in [6.45, 7) is 5.30. The van der Waals surface area contributed by atoms with Crippen LogP contribution in [0.4, 0.5) is 43.4 Å². The lowest BCUT2D eigenvalue weighted by atomic mass is 10.1. The zero-order chi connectivity index (χ0) is 50.7. The van der Waals surface area contributed by atoms with Crippen molar-refractivity contribution in [1.82, 2.24) is 39.7 Å². The van der Waals surface area contributed by atoms with Crippen molar-refractivity contribution in [3.8, 4) is 17.6 Å². The maximum Gasteiger partial charge on any atom is 0.409 e. The Kier molecular flexibility index (Phi) is 15.4. The Labute approximate surface area is 417 Å². The van der Waals surface area contributed by atoms with Gasteiger partial charge >= 0.3 is 6.09 Å². The van der Waals surface area contributed by atoms with Crippen LogP contribution in [-0.2, 0) is 17.9 Å². The normalized spacial score (nSPS) is 11.1. The van der Waals surface area contributed by atoms with Crippen LogP contribution < -0.4 is 30.3 Å². The summed E-state index contributed by atoms with van der Waals surface area (Å²) in [6, 6.07) is 28.7. The van der Waals surface area contributed by atoms with E-state index in [0.29, 0.717) is 92.3 Å². The Morgan fingerprint density at radius 1 is 0.958 bits per heavy atom. The quantitative estimate of drug-likeness (QED) is 0.0568.